The second-order valence-electron chi connectivity index (χ2n) is 5.82. The fourth-order valence-electron chi connectivity index (χ4n) is 2.23. The van der Waals surface area contributed by atoms with Crippen molar-refractivity contribution in [2.75, 3.05) is 10.8 Å². The molecule has 2 rings (SSSR count). The van der Waals surface area contributed by atoms with Crippen LogP contribution in [0.4, 0.5) is 5.69 Å². The molecule has 0 radical (unpaired) electrons. The molecular weight excluding hydrogens is 395 g/mol. The van der Waals surface area contributed by atoms with Crippen LogP contribution in [0.15, 0.2) is 53.4 Å². The number of hydrogen-bond acceptors (Lipinski definition) is 3. The molecule has 0 bridgehead atoms. The highest BCUT2D eigenvalue weighted by Crippen LogP contribution is 2.26. The molecule has 0 spiro atoms. The van der Waals surface area contributed by atoms with Gasteiger partial charge >= 0.3 is 0 Å². The average molecular weight is 415 g/mol. The largest absolute Gasteiger partial charge is 0.352 e. The number of carbonyl (C=O) groups is 1. The smallest absolute Gasteiger partial charge is 0.264 e. The third kappa shape index (κ3) is 5.13. The van der Waals surface area contributed by atoms with E-state index in [1.165, 1.54) is 30.3 Å². The van der Waals surface area contributed by atoms with E-state index >= 15 is 0 Å². The van der Waals surface area contributed by atoms with Crippen LogP contribution in [0.25, 0.3) is 0 Å². The molecule has 5 nitrogen and oxygen atoms in total. The zero-order valence-corrected chi connectivity index (χ0v) is 16.8. The number of anilines is 1. The molecule has 26 heavy (non-hydrogen) atoms. The third-order valence-corrected chi connectivity index (χ3v) is 6.08. The first-order valence-corrected chi connectivity index (χ1v) is 10.3. The quantitative estimate of drug-likeness (QED) is 0.741. The van der Waals surface area contributed by atoms with Crippen LogP contribution < -0.4 is 9.62 Å². The zero-order valence-electron chi connectivity index (χ0n) is 14.4. The van der Waals surface area contributed by atoms with Crippen LogP contribution in [0, 0.1) is 0 Å². The Labute approximate surface area is 164 Å². The first-order valence-electron chi connectivity index (χ1n) is 8.07. The van der Waals surface area contributed by atoms with E-state index in [2.05, 4.69) is 5.32 Å². The van der Waals surface area contributed by atoms with Crippen molar-refractivity contribution in [3.63, 3.8) is 0 Å². The highest BCUT2D eigenvalue weighted by atomic mass is 35.5. The summed E-state index contributed by atoms with van der Waals surface area (Å²) in [5, 5.41) is 3.58. The summed E-state index contributed by atoms with van der Waals surface area (Å²) in [6.07, 6.45) is 0.743. The minimum atomic E-state index is -3.97. The topological polar surface area (TPSA) is 66.5 Å². The molecule has 1 atom stereocenters. The van der Waals surface area contributed by atoms with Gasteiger partial charge in [0.05, 0.1) is 10.6 Å². The maximum atomic E-state index is 13.1. The first kappa shape index (κ1) is 20.6. The number of halogens is 2. The summed E-state index contributed by atoms with van der Waals surface area (Å²) in [5.74, 6) is -0.392. The summed E-state index contributed by atoms with van der Waals surface area (Å²) in [6.45, 7) is 3.44. The van der Waals surface area contributed by atoms with Gasteiger partial charge in [-0.2, -0.15) is 0 Å². The van der Waals surface area contributed by atoms with Gasteiger partial charge in [0.1, 0.15) is 6.54 Å². The van der Waals surface area contributed by atoms with Gasteiger partial charge < -0.3 is 5.32 Å². The summed E-state index contributed by atoms with van der Waals surface area (Å²) in [4.78, 5) is 12.4. The Morgan fingerprint density at radius 2 is 1.77 bits per heavy atom. The highest BCUT2D eigenvalue weighted by molar-refractivity contribution is 7.92. The summed E-state index contributed by atoms with van der Waals surface area (Å²) in [5.41, 5.74) is 0.312. The van der Waals surface area contributed by atoms with Crippen molar-refractivity contribution in [3.05, 3.63) is 58.6 Å². The lowest BCUT2D eigenvalue weighted by atomic mass is 10.2. The number of carbonyl (C=O) groups excluding carboxylic acids is 1. The number of rotatable bonds is 7. The molecule has 2 aromatic carbocycles. The minimum absolute atomic E-state index is 0.0400. The Morgan fingerprint density at radius 1 is 1.12 bits per heavy atom. The Kier molecular flexibility index (Phi) is 6.92. The van der Waals surface area contributed by atoms with Crippen LogP contribution in [0.1, 0.15) is 20.3 Å². The second-order valence-corrected chi connectivity index (χ2v) is 8.56. The predicted molar refractivity (Wildman–Crippen MR) is 105 cm³/mol. The van der Waals surface area contributed by atoms with Crippen LogP contribution in [-0.4, -0.2) is 26.9 Å². The van der Waals surface area contributed by atoms with Crippen molar-refractivity contribution < 1.29 is 13.2 Å². The van der Waals surface area contributed by atoms with Crippen LogP contribution in [0.2, 0.25) is 10.0 Å². The molecule has 0 unspecified atom stereocenters. The normalized spacial score (nSPS) is 12.5. The molecule has 0 aliphatic carbocycles. The van der Waals surface area contributed by atoms with E-state index in [1.807, 2.05) is 13.8 Å². The Bertz CT molecular complexity index is 870. The number of hydrogen-bond donors (Lipinski definition) is 1. The molecule has 0 fully saturated rings. The van der Waals surface area contributed by atoms with Gasteiger partial charge in [-0.1, -0.05) is 36.2 Å². The maximum absolute atomic E-state index is 13.1. The van der Waals surface area contributed by atoms with Gasteiger partial charge in [-0.15, -0.1) is 0 Å². The fourth-order valence-corrected chi connectivity index (χ4v) is 3.96. The SMILES string of the molecule is CC[C@@H](C)NC(=O)CN(c1cccc(Cl)c1)S(=O)(=O)c1ccc(Cl)cc1. The molecule has 140 valence electrons. The van der Waals surface area contributed by atoms with Crippen molar-refractivity contribution in [1.29, 1.82) is 0 Å². The molecule has 0 aliphatic rings. The summed E-state index contributed by atoms with van der Waals surface area (Å²) < 4.78 is 27.3. The standard InChI is InChI=1S/C18H20Cl2N2O3S/c1-3-13(2)21-18(23)12-22(16-6-4-5-15(20)11-16)26(24,25)17-9-7-14(19)8-10-17/h4-11,13H,3,12H2,1-2H3,(H,21,23)/t13-/m1/s1. The first-order chi connectivity index (χ1) is 12.2. The molecule has 0 aromatic heterocycles. The van der Waals surface area contributed by atoms with Gasteiger partial charge in [0, 0.05) is 16.1 Å². The molecule has 1 amide bonds. The zero-order chi connectivity index (χ0) is 19.3. The van der Waals surface area contributed by atoms with Gasteiger partial charge in [0.2, 0.25) is 5.91 Å². The van der Waals surface area contributed by atoms with Crippen molar-refractivity contribution in [2.24, 2.45) is 0 Å². The van der Waals surface area contributed by atoms with Gasteiger partial charge in [0.25, 0.3) is 10.0 Å². The number of nitrogens with one attached hydrogen (secondary N) is 1. The van der Waals surface area contributed by atoms with Crippen LogP contribution in [-0.2, 0) is 14.8 Å². The van der Waals surface area contributed by atoms with Crippen molar-refractivity contribution in [1.82, 2.24) is 5.32 Å². The second kappa shape index (κ2) is 8.75. The fraction of sp³-hybridized carbons (Fsp3) is 0.278. The van der Waals surface area contributed by atoms with Gasteiger partial charge in [-0.25, -0.2) is 8.42 Å². The summed E-state index contributed by atoms with van der Waals surface area (Å²) in [7, 11) is -3.97. The molecule has 1 N–H and O–H groups in total. The number of nitrogens with zero attached hydrogens (tertiary/aromatic N) is 1. The molecule has 0 aliphatic heterocycles. The van der Waals surface area contributed by atoms with Gasteiger partial charge in [0.15, 0.2) is 0 Å². The van der Waals surface area contributed by atoms with E-state index < -0.39 is 15.9 Å². The average Bonchev–Trinajstić information content (AvgIpc) is 2.59. The molecule has 0 heterocycles. The molecule has 8 heteroatoms. The lowest BCUT2D eigenvalue weighted by molar-refractivity contribution is -0.120. The van der Waals surface area contributed by atoms with Crippen LogP contribution in [0.5, 0.6) is 0 Å². The minimum Gasteiger partial charge on any atom is -0.352 e. The lowest BCUT2D eigenvalue weighted by Crippen LogP contribution is -2.43. The molecule has 0 saturated carbocycles. The number of amides is 1. The van der Waals surface area contributed by atoms with E-state index in [0.717, 1.165) is 10.7 Å². The van der Waals surface area contributed by atoms with Crippen molar-refractivity contribution in [2.45, 2.75) is 31.2 Å². The lowest BCUT2D eigenvalue weighted by Gasteiger charge is -2.25. The van der Waals surface area contributed by atoms with Crippen molar-refractivity contribution >= 4 is 44.8 Å². The van der Waals surface area contributed by atoms with Gasteiger partial charge in [-0.3, -0.25) is 9.10 Å². The van der Waals surface area contributed by atoms with E-state index in [0.29, 0.717) is 15.7 Å². The van der Waals surface area contributed by atoms with Gasteiger partial charge in [-0.05, 0) is 55.8 Å². The summed E-state index contributed by atoms with van der Waals surface area (Å²) in [6, 6.07) is 12.1. The van der Waals surface area contributed by atoms with E-state index in [9.17, 15) is 13.2 Å². The van der Waals surface area contributed by atoms with Crippen LogP contribution >= 0.6 is 23.2 Å². The summed E-state index contributed by atoms with van der Waals surface area (Å²) >= 11 is 11.9. The number of sulfonamides is 1. The number of benzene rings is 2. The van der Waals surface area contributed by atoms with E-state index in [1.54, 1.807) is 18.2 Å². The van der Waals surface area contributed by atoms with E-state index in [4.69, 9.17) is 23.2 Å². The predicted octanol–water partition coefficient (Wildman–Crippen LogP) is 4.10. The molecule has 2 aromatic rings. The Hall–Kier alpha value is -1.76. The highest BCUT2D eigenvalue weighted by Gasteiger charge is 2.27. The Balaban J connectivity index is 2.42. The molecule has 0 saturated heterocycles. The maximum Gasteiger partial charge on any atom is 0.264 e. The third-order valence-electron chi connectivity index (χ3n) is 3.80. The Morgan fingerprint density at radius 3 is 2.35 bits per heavy atom. The monoisotopic (exact) mass is 414 g/mol. The van der Waals surface area contributed by atoms with E-state index in [-0.39, 0.29) is 17.5 Å². The van der Waals surface area contributed by atoms with Crippen LogP contribution in [0.3, 0.4) is 0 Å². The van der Waals surface area contributed by atoms with Crippen molar-refractivity contribution in [3.8, 4) is 0 Å². The molecular formula is C18H20Cl2N2O3S.